The Morgan fingerprint density at radius 3 is 2.76 bits per heavy atom. The molecule has 116 valence electrons. The van der Waals surface area contributed by atoms with E-state index in [0.717, 1.165) is 31.5 Å². The van der Waals surface area contributed by atoms with Crippen LogP contribution < -0.4 is 11.1 Å². The Balaban J connectivity index is 1.86. The van der Waals surface area contributed by atoms with Gasteiger partial charge in [0.25, 0.3) is 0 Å². The van der Waals surface area contributed by atoms with Gasteiger partial charge in [0.05, 0.1) is 6.54 Å². The Labute approximate surface area is 129 Å². The van der Waals surface area contributed by atoms with Crippen molar-refractivity contribution in [2.45, 2.75) is 31.8 Å². The van der Waals surface area contributed by atoms with Crippen molar-refractivity contribution in [3.8, 4) is 0 Å². The number of carbonyl (C=O) groups is 1. The lowest BCUT2D eigenvalue weighted by Crippen LogP contribution is -2.45. The van der Waals surface area contributed by atoms with Gasteiger partial charge in [-0.05, 0) is 37.5 Å². The molecule has 3 N–H and O–H groups in total. The average molecular weight is 314 g/mol. The number of nitrogens with two attached hydrogens (primary N) is 1. The van der Waals surface area contributed by atoms with Gasteiger partial charge in [-0.1, -0.05) is 17.7 Å². The molecule has 4 nitrogen and oxygen atoms in total. The molecule has 0 radical (unpaired) electrons. The van der Waals surface area contributed by atoms with Crippen LogP contribution in [0.4, 0.5) is 4.39 Å². The van der Waals surface area contributed by atoms with Gasteiger partial charge in [0.15, 0.2) is 0 Å². The average Bonchev–Trinajstić information content (AvgIpc) is 2.40. The fraction of sp³-hybridized carbons (Fsp3) is 0.533. The summed E-state index contributed by atoms with van der Waals surface area (Å²) >= 11 is 6.08. The molecule has 1 aromatic rings. The van der Waals surface area contributed by atoms with Gasteiger partial charge in [0, 0.05) is 30.2 Å². The fourth-order valence-electron chi connectivity index (χ4n) is 2.77. The van der Waals surface area contributed by atoms with Crippen molar-refractivity contribution in [2.75, 3.05) is 19.6 Å². The van der Waals surface area contributed by atoms with E-state index in [9.17, 15) is 9.18 Å². The number of hydrogen-bond donors (Lipinski definition) is 2. The molecule has 1 unspecified atom stereocenters. The van der Waals surface area contributed by atoms with Gasteiger partial charge in [-0.3, -0.25) is 9.69 Å². The quantitative estimate of drug-likeness (QED) is 0.875. The van der Waals surface area contributed by atoms with E-state index in [1.165, 1.54) is 12.1 Å². The van der Waals surface area contributed by atoms with Crippen LogP contribution in [0.2, 0.25) is 5.02 Å². The number of amides is 1. The first-order valence-corrected chi connectivity index (χ1v) is 7.55. The lowest BCUT2D eigenvalue weighted by atomic mass is 10.0. The number of halogens is 2. The van der Waals surface area contributed by atoms with Crippen molar-refractivity contribution < 1.29 is 9.18 Å². The van der Waals surface area contributed by atoms with Crippen LogP contribution in [0.3, 0.4) is 0 Å². The molecule has 6 heteroatoms. The summed E-state index contributed by atoms with van der Waals surface area (Å²) in [5, 5.41) is 3.97. The molecule has 1 amide bonds. The lowest BCUT2D eigenvalue weighted by Gasteiger charge is -2.33. The van der Waals surface area contributed by atoms with Crippen LogP contribution in [0.25, 0.3) is 0 Å². The number of likely N-dealkylation sites (tertiary alicyclic amines) is 1. The van der Waals surface area contributed by atoms with E-state index < -0.39 is 0 Å². The molecule has 1 atom stereocenters. The molecule has 0 spiro atoms. The van der Waals surface area contributed by atoms with Gasteiger partial charge in [-0.25, -0.2) is 4.39 Å². The van der Waals surface area contributed by atoms with Crippen LogP contribution in [0.5, 0.6) is 0 Å². The van der Waals surface area contributed by atoms with Crippen LogP contribution in [0.1, 0.15) is 31.4 Å². The zero-order chi connectivity index (χ0) is 15.4. The van der Waals surface area contributed by atoms with E-state index in [2.05, 4.69) is 10.2 Å². The Kier molecular flexibility index (Phi) is 5.56. The number of rotatable bonds is 5. The maximum atomic E-state index is 13.1. The highest BCUT2D eigenvalue weighted by molar-refractivity contribution is 6.31. The highest BCUT2D eigenvalue weighted by atomic mass is 35.5. The van der Waals surface area contributed by atoms with Crippen molar-refractivity contribution in [3.63, 3.8) is 0 Å². The van der Waals surface area contributed by atoms with Crippen molar-refractivity contribution in [3.05, 3.63) is 34.6 Å². The zero-order valence-electron chi connectivity index (χ0n) is 12.1. The van der Waals surface area contributed by atoms with E-state index in [4.69, 9.17) is 17.3 Å². The number of hydrogen-bond acceptors (Lipinski definition) is 3. The first-order valence-electron chi connectivity index (χ1n) is 7.17. The predicted molar refractivity (Wildman–Crippen MR) is 81.6 cm³/mol. The predicted octanol–water partition coefficient (Wildman–Crippen LogP) is 2.08. The van der Waals surface area contributed by atoms with E-state index in [1.807, 2.05) is 6.92 Å². The van der Waals surface area contributed by atoms with Crippen LogP contribution in [0.15, 0.2) is 18.2 Å². The molecule has 0 aromatic heterocycles. The summed E-state index contributed by atoms with van der Waals surface area (Å²) in [6.07, 6.45) is 1.91. The minimum atomic E-state index is -0.323. The highest BCUT2D eigenvalue weighted by Crippen LogP contribution is 2.25. The number of nitrogens with zero attached hydrogens (tertiary/aromatic N) is 1. The second kappa shape index (κ2) is 7.20. The number of nitrogens with one attached hydrogen (secondary N) is 1. The van der Waals surface area contributed by atoms with Crippen molar-refractivity contribution in [1.29, 1.82) is 0 Å². The van der Waals surface area contributed by atoms with Crippen molar-refractivity contribution in [1.82, 2.24) is 10.2 Å². The van der Waals surface area contributed by atoms with E-state index in [-0.39, 0.29) is 17.8 Å². The van der Waals surface area contributed by atoms with E-state index in [1.54, 1.807) is 6.07 Å². The largest absolute Gasteiger partial charge is 0.369 e. The Bertz CT molecular complexity index is 504. The third-order valence-corrected chi connectivity index (χ3v) is 4.21. The third kappa shape index (κ3) is 4.66. The summed E-state index contributed by atoms with van der Waals surface area (Å²) in [6, 6.07) is 4.91. The minimum absolute atomic E-state index is 0.0609. The fourth-order valence-corrected chi connectivity index (χ4v) is 3.11. The highest BCUT2D eigenvalue weighted by Gasteiger charge is 2.22. The minimum Gasteiger partial charge on any atom is -0.369 e. The molecule has 1 saturated heterocycles. The van der Waals surface area contributed by atoms with E-state index in [0.29, 0.717) is 17.6 Å². The smallest absolute Gasteiger partial charge is 0.231 e. The molecular formula is C15H21ClFN3O. The third-order valence-electron chi connectivity index (χ3n) is 3.88. The van der Waals surface area contributed by atoms with Gasteiger partial charge >= 0.3 is 0 Å². The maximum Gasteiger partial charge on any atom is 0.231 e. The lowest BCUT2D eigenvalue weighted by molar-refractivity contribution is -0.119. The SMILES string of the molecule is CC(NC1CCN(CC(N)=O)CC1)c1ccc(F)cc1Cl. The Morgan fingerprint density at radius 1 is 1.52 bits per heavy atom. The zero-order valence-corrected chi connectivity index (χ0v) is 12.9. The number of carbonyl (C=O) groups excluding carboxylic acids is 1. The van der Waals surface area contributed by atoms with Crippen molar-refractivity contribution in [2.24, 2.45) is 5.73 Å². The summed E-state index contributed by atoms with van der Waals surface area (Å²) in [5.41, 5.74) is 6.10. The molecule has 1 aliphatic rings. The molecule has 1 fully saturated rings. The Hall–Kier alpha value is -1.17. The molecule has 0 aliphatic carbocycles. The summed E-state index contributed by atoms with van der Waals surface area (Å²) < 4.78 is 13.1. The van der Waals surface area contributed by atoms with Crippen LogP contribution in [-0.2, 0) is 4.79 Å². The second-order valence-electron chi connectivity index (χ2n) is 5.57. The van der Waals surface area contributed by atoms with Gasteiger partial charge in [-0.2, -0.15) is 0 Å². The van der Waals surface area contributed by atoms with Gasteiger partial charge in [-0.15, -0.1) is 0 Å². The summed E-state index contributed by atoms with van der Waals surface area (Å²) in [4.78, 5) is 13.0. The van der Waals surface area contributed by atoms with Crippen molar-refractivity contribution >= 4 is 17.5 Å². The van der Waals surface area contributed by atoms with Crippen LogP contribution in [0, 0.1) is 5.82 Å². The first kappa shape index (κ1) is 16.2. The van der Waals surface area contributed by atoms with Gasteiger partial charge < -0.3 is 11.1 Å². The standard InChI is InChI=1S/C15H21ClFN3O/c1-10(13-3-2-11(17)8-14(13)16)19-12-4-6-20(7-5-12)9-15(18)21/h2-3,8,10,12,19H,4-7,9H2,1H3,(H2,18,21). The number of primary amides is 1. The maximum absolute atomic E-state index is 13.1. The summed E-state index contributed by atoms with van der Waals surface area (Å²) in [5.74, 6) is -0.608. The van der Waals surface area contributed by atoms with Gasteiger partial charge in [0.2, 0.25) is 5.91 Å². The molecule has 0 saturated carbocycles. The molecular weight excluding hydrogens is 293 g/mol. The second-order valence-corrected chi connectivity index (χ2v) is 5.98. The first-order chi connectivity index (χ1) is 9.95. The molecule has 1 aliphatic heterocycles. The normalized spacial score (nSPS) is 18.6. The number of benzene rings is 1. The molecule has 2 rings (SSSR count). The Morgan fingerprint density at radius 2 is 2.19 bits per heavy atom. The molecule has 1 aromatic carbocycles. The van der Waals surface area contributed by atoms with E-state index >= 15 is 0 Å². The topological polar surface area (TPSA) is 58.4 Å². The monoisotopic (exact) mass is 313 g/mol. The van der Waals surface area contributed by atoms with Gasteiger partial charge in [0.1, 0.15) is 5.82 Å². The molecule has 0 bridgehead atoms. The summed E-state index contributed by atoms with van der Waals surface area (Å²) in [6.45, 7) is 4.05. The molecule has 21 heavy (non-hydrogen) atoms. The van der Waals surface area contributed by atoms with Crippen LogP contribution >= 0.6 is 11.6 Å². The van der Waals surface area contributed by atoms with Crippen LogP contribution in [-0.4, -0.2) is 36.5 Å². The number of piperidine rings is 1. The molecule has 1 heterocycles. The summed E-state index contributed by atoms with van der Waals surface area (Å²) in [7, 11) is 0.